The van der Waals surface area contributed by atoms with Gasteiger partial charge in [0.1, 0.15) is 18.1 Å². The van der Waals surface area contributed by atoms with Crippen molar-refractivity contribution >= 4 is 53.1 Å². The van der Waals surface area contributed by atoms with E-state index < -0.39 is 53.8 Å². The first-order valence-electron chi connectivity index (χ1n) is 12.4. The Hall–Kier alpha value is -4.37. The smallest absolute Gasteiger partial charge is 0.326 e. The fraction of sp³-hybridized carbons (Fsp3) is 0.360. The van der Waals surface area contributed by atoms with Crippen LogP contribution >= 0.6 is 12.6 Å². The summed E-state index contributed by atoms with van der Waals surface area (Å²) >= 11 is 4.17. The third-order valence-corrected chi connectivity index (χ3v) is 6.54. The van der Waals surface area contributed by atoms with Crippen LogP contribution in [0.25, 0.3) is 10.9 Å². The summed E-state index contributed by atoms with van der Waals surface area (Å²) in [6.45, 7) is 0. The Labute approximate surface area is 234 Å². The van der Waals surface area contributed by atoms with E-state index in [4.69, 9.17) is 11.5 Å². The van der Waals surface area contributed by atoms with Gasteiger partial charge >= 0.3 is 5.97 Å². The fourth-order valence-electron chi connectivity index (χ4n) is 4.02. The number of carboxylic acids is 1. The van der Waals surface area contributed by atoms with Crippen LogP contribution < -0.4 is 27.4 Å². The summed E-state index contributed by atoms with van der Waals surface area (Å²) in [4.78, 5) is 71.8. The number of fused-ring (bicyclic) bond motifs is 1. The maximum Gasteiger partial charge on any atom is 0.326 e. The normalized spacial score (nSPS) is 14.1. The van der Waals surface area contributed by atoms with Crippen molar-refractivity contribution < 1.29 is 29.1 Å². The molecule has 2 aromatic heterocycles. The number of hydrogen-bond acceptors (Lipinski definition) is 8. The van der Waals surface area contributed by atoms with E-state index in [2.05, 4.69) is 43.5 Å². The van der Waals surface area contributed by atoms with E-state index in [0.717, 1.165) is 10.9 Å². The molecule has 0 spiro atoms. The molecule has 14 nitrogen and oxygen atoms in total. The molecule has 0 saturated heterocycles. The molecule has 4 atom stereocenters. The number of carbonyl (C=O) groups is 5. The van der Waals surface area contributed by atoms with Crippen LogP contribution in [0.5, 0.6) is 0 Å². The minimum absolute atomic E-state index is 0.00365. The molecule has 2 heterocycles. The molecule has 3 aromatic rings. The van der Waals surface area contributed by atoms with Crippen molar-refractivity contribution in [1.82, 2.24) is 30.9 Å². The van der Waals surface area contributed by atoms with Crippen LogP contribution in [-0.2, 0) is 36.8 Å². The third kappa shape index (κ3) is 8.31. The van der Waals surface area contributed by atoms with E-state index in [-0.39, 0.29) is 31.4 Å². The number of benzene rings is 1. The zero-order valence-corrected chi connectivity index (χ0v) is 22.3. The number of rotatable bonds is 15. The highest BCUT2D eigenvalue weighted by molar-refractivity contribution is 7.80. The highest BCUT2D eigenvalue weighted by Crippen LogP contribution is 2.19. The second-order valence-electron chi connectivity index (χ2n) is 9.16. The van der Waals surface area contributed by atoms with Crippen molar-refractivity contribution in [3.63, 3.8) is 0 Å². The molecule has 0 saturated carbocycles. The molecule has 4 amide bonds. The standard InChI is InChI=1S/C25H32N8O6S/c26-16(8-14-10-28-12-30-14)22(35)33-20(11-40)24(37)32-19(7-13-9-29-17-4-2-1-3-15(13)17)23(36)31-18(25(38)39)5-6-21(27)34/h1-4,9-10,12,16,18-20,29,40H,5-8,11,26H2,(H2,27,34)(H,28,30)(H,31,36)(H,32,37)(H,33,35)(H,38,39). The van der Waals surface area contributed by atoms with Gasteiger partial charge in [0, 0.05) is 54.0 Å². The number of aromatic nitrogens is 3. The summed E-state index contributed by atoms with van der Waals surface area (Å²) in [5.74, 6) is -4.32. The summed E-state index contributed by atoms with van der Waals surface area (Å²) in [5, 5.41) is 17.8. The molecule has 15 heteroatoms. The van der Waals surface area contributed by atoms with Crippen LogP contribution in [0.3, 0.4) is 0 Å². The quantitative estimate of drug-likeness (QED) is 0.0993. The van der Waals surface area contributed by atoms with Crippen LogP contribution in [0.4, 0.5) is 0 Å². The van der Waals surface area contributed by atoms with Gasteiger partial charge in [-0.05, 0) is 18.1 Å². The van der Waals surface area contributed by atoms with Gasteiger partial charge in [-0.2, -0.15) is 12.6 Å². The van der Waals surface area contributed by atoms with E-state index in [1.54, 1.807) is 6.20 Å². The van der Waals surface area contributed by atoms with Crippen LogP contribution in [-0.4, -0.2) is 79.6 Å². The highest BCUT2D eigenvalue weighted by atomic mass is 32.1. The van der Waals surface area contributed by atoms with Gasteiger partial charge in [-0.15, -0.1) is 0 Å². The Morgan fingerprint density at radius 1 is 0.950 bits per heavy atom. The molecular formula is C25H32N8O6S. The van der Waals surface area contributed by atoms with Crippen molar-refractivity contribution in [3.8, 4) is 0 Å². The monoisotopic (exact) mass is 572 g/mol. The predicted molar refractivity (Wildman–Crippen MR) is 148 cm³/mol. The molecule has 0 fully saturated rings. The highest BCUT2D eigenvalue weighted by Gasteiger charge is 2.31. The summed E-state index contributed by atoms with van der Waals surface area (Å²) in [6.07, 6.45) is 4.32. The molecule has 0 aliphatic rings. The third-order valence-electron chi connectivity index (χ3n) is 6.17. The maximum atomic E-state index is 13.3. The minimum Gasteiger partial charge on any atom is -0.480 e. The number of carbonyl (C=O) groups excluding carboxylic acids is 4. The van der Waals surface area contributed by atoms with Gasteiger partial charge < -0.3 is 42.5 Å². The van der Waals surface area contributed by atoms with Crippen molar-refractivity contribution in [1.29, 1.82) is 0 Å². The molecule has 3 rings (SSSR count). The molecule has 214 valence electrons. The first kappa shape index (κ1) is 30.2. The number of imidazole rings is 1. The van der Waals surface area contributed by atoms with Gasteiger partial charge in [0.25, 0.3) is 0 Å². The van der Waals surface area contributed by atoms with Crippen molar-refractivity contribution in [2.75, 3.05) is 5.75 Å². The van der Waals surface area contributed by atoms with Gasteiger partial charge in [-0.25, -0.2) is 9.78 Å². The number of thiol groups is 1. The van der Waals surface area contributed by atoms with Crippen molar-refractivity contribution in [3.05, 3.63) is 54.2 Å². The lowest BCUT2D eigenvalue weighted by atomic mass is 10.0. The molecule has 40 heavy (non-hydrogen) atoms. The maximum absolute atomic E-state index is 13.3. The Morgan fingerprint density at radius 3 is 2.27 bits per heavy atom. The number of nitrogens with two attached hydrogens (primary N) is 2. The van der Waals surface area contributed by atoms with Crippen LogP contribution in [0, 0.1) is 0 Å². The minimum atomic E-state index is -1.41. The first-order chi connectivity index (χ1) is 19.1. The number of primary amides is 1. The molecule has 4 unspecified atom stereocenters. The number of hydrogen-bond donors (Lipinski definition) is 9. The molecule has 10 N–H and O–H groups in total. The van der Waals surface area contributed by atoms with Gasteiger partial charge in [0.05, 0.1) is 12.4 Å². The molecule has 0 aliphatic heterocycles. The molecule has 1 aromatic carbocycles. The molecule has 0 aliphatic carbocycles. The first-order valence-corrected chi connectivity index (χ1v) is 13.0. The largest absolute Gasteiger partial charge is 0.480 e. The number of aromatic amines is 2. The number of para-hydroxylation sites is 1. The summed E-state index contributed by atoms with van der Waals surface area (Å²) in [5.41, 5.74) is 13.2. The van der Waals surface area contributed by atoms with E-state index in [9.17, 15) is 29.1 Å². The summed E-state index contributed by atoms with van der Waals surface area (Å²) < 4.78 is 0. The second-order valence-corrected chi connectivity index (χ2v) is 9.53. The van der Waals surface area contributed by atoms with Gasteiger partial charge in [-0.3, -0.25) is 19.2 Å². The zero-order chi connectivity index (χ0) is 29.2. The Kier molecular flexibility index (Phi) is 10.7. The van der Waals surface area contributed by atoms with Gasteiger partial charge in [-0.1, -0.05) is 18.2 Å². The van der Waals surface area contributed by atoms with Crippen molar-refractivity contribution in [2.24, 2.45) is 11.5 Å². The van der Waals surface area contributed by atoms with Gasteiger partial charge in [0.2, 0.25) is 23.6 Å². The Bertz CT molecular complexity index is 1340. The average Bonchev–Trinajstić information content (AvgIpc) is 3.58. The number of amides is 4. The second kappa shape index (κ2) is 14.1. The molecule has 0 bridgehead atoms. The van der Waals surface area contributed by atoms with Crippen LogP contribution in [0.15, 0.2) is 43.0 Å². The number of nitrogens with one attached hydrogen (secondary N) is 5. The predicted octanol–water partition coefficient (Wildman–Crippen LogP) is -1.26. The van der Waals surface area contributed by atoms with E-state index in [0.29, 0.717) is 11.3 Å². The number of H-pyrrole nitrogens is 2. The van der Waals surface area contributed by atoms with Crippen LogP contribution in [0.2, 0.25) is 0 Å². The topological polar surface area (TPSA) is 238 Å². The zero-order valence-electron chi connectivity index (χ0n) is 21.4. The Balaban J connectivity index is 1.76. The summed E-state index contributed by atoms with van der Waals surface area (Å²) in [7, 11) is 0. The summed E-state index contributed by atoms with van der Waals surface area (Å²) in [6, 6.07) is 2.55. The van der Waals surface area contributed by atoms with E-state index in [1.165, 1.54) is 12.5 Å². The fourth-order valence-corrected chi connectivity index (χ4v) is 4.27. The lowest BCUT2D eigenvalue weighted by molar-refractivity contribution is -0.142. The van der Waals surface area contributed by atoms with E-state index >= 15 is 0 Å². The Morgan fingerprint density at radius 2 is 1.62 bits per heavy atom. The number of carboxylic acid groups (broad SMARTS) is 1. The van der Waals surface area contributed by atoms with E-state index in [1.807, 2.05) is 24.3 Å². The number of nitrogens with zero attached hydrogens (tertiary/aromatic N) is 1. The average molecular weight is 573 g/mol. The lowest BCUT2D eigenvalue weighted by Crippen LogP contribution is -2.58. The van der Waals surface area contributed by atoms with Gasteiger partial charge in [0.15, 0.2) is 0 Å². The van der Waals surface area contributed by atoms with Crippen molar-refractivity contribution in [2.45, 2.75) is 49.9 Å². The SMILES string of the molecule is NC(=O)CCC(NC(=O)C(Cc1c[nH]c2ccccc12)NC(=O)C(CS)NC(=O)C(N)Cc1cnc[nH]1)C(=O)O. The number of aliphatic carboxylic acids is 1. The molecule has 0 radical (unpaired) electrons. The lowest BCUT2D eigenvalue weighted by Gasteiger charge is -2.24. The molecular weight excluding hydrogens is 540 g/mol. The van der Waals surface area contributed by atoms with Crippen LogP contribution in [0.1, 0.15) is 24.1 Å².